The van der Waals surface area contributed by atoms with E-state index in [0.717, 1.165) is 38.1 Å². The second kappa shape index (κ2) is 7.28. The van der Waals surface area contributed by atoms with E-state index < -0.39 is 0 Å². The molecule has 9 nitrogen and oxygen atoms in total. The van der Waals surface area contributed by atoms with Crippen LogP contribution in [0.1, 0.15) is 37.4 Å². The normalized spacial score (nSPS) is 22.1. The van der Waals surface area contributed by atoms with E-state index in [2.05, 4.69) is 15.2 Å². The van der Waals surface area contributed by atoms with Crippen LogP contribution in [-0.2, 0) is 4.79 Å². The van der Waals surface area contributed by atoms with Gasteiger partial charge in [0.15, 0.2) is 0 Å². The average Bonchev–Trinajstić information content (AvgIpc) is 3.07. The molecule has 0 spiro atoms. The van der Waals surface area contributed by atoms with E-state index in [1.54, 1.807) is 23.9 Å². The highest BCUT2D eigenvalue weighted by Crippen LogP contribution is 2.28. The van der Waals surface area contributed by atoms with Crippen LogP contribution in [0.4, 0.5) is 10.7 Å². The summed E-state index contributed by atoms with van der Waals surface area (Å²) in [6.07, 6.45) is 3.44. The minimum absolute atomic E-state index is 0.0147. The van der Waals surface area contributed by atoms with Crippen LogP contribution >= 0.6 is 0 Å². The number of piperidine rings is 2. The van der Waals surface area contributed by atoms with Crippen molar-refractivity contribution in [2.45, 2.75) is 31.6 Å². The van der Waals surface area contributed by atoms with Gasteiger partial charge in [-0.2, -0.15) is 4.98 Å². The van der Waals surface area contributed by atoms with Gasteiger partial charge in [-0.25, -0.2) is 4.79 Å². The predicted molar refractivity (Wildman–Crippen MR) is 92.7 cm³/mol. The number of anilines is 1. The lowest BCUT2D eigenvalue weighted by Gasteiger charge is -2.38. The van der Waals surface area contributed by atoms with Gasteiger partial charge in [-0.1, -0.05) is 0 Å². The Bertz CT molecular complexity index is 622. The number of aromatic amines is 1. The zero-order chi connectivity index (χ0) is 18.0. The van der Waals surface area contributed by atoms with E-state index in [4.69, 9.17) is 5.73 Å². The number of carbonyl (C=O) groups excluding carboxylic acids is 2. The number of likely N-dealkylation sites (tertiary alicyclic amines) is 2. The molecule has 2 aliphatic heterocycles. The number of H-pyrrole nitrogens is 1. The van der Waals surface area contributed by atoms with Crippen molar-refractivity contribution in [3.63, 3.8) is 0 Å². The minimum Gasteiger partial charge on any atom is -0.367 e. The molecule has 2 aliphatic rings. The molecule has 1 unspecified atom stereocenters. The Balaban J connectivity index is 1.54. The maximum Gasteiger partial charge on any atom is 0.319 e. The minimum atomic E-state index is -0.0878. The Morgan fingerprint density at radius 2 is 1.88 bits per heavy atom. The summed E-state index contributed by atoms with van der Waals surface area (Å²) in [5.74, 6) is 1.43. The number of aromatic nitrogens is 3. The molecule has 3 rings (SSSR count). The number of urea groups is 1. The predicted octanol–water partition coefficient (Wildman–Crippen LogP) is 0.487. The van der Waals surface area contributed by atoms with Gasteiger partial charge in [0.2, 0.25) is 11.9 Å². The van der Waals surface area contributed by atoms with Crippen molar-refractivity contribution in [2.24, 2.45) is 5.92 Å². The summed E-state index contributed by atoms with van der Waals surface area (Å²) in [7, 11) is 3.49. The molecule has 1 aromatic heterocycles. The molecule has 9 heteroatoms. The van der Waals surface area contributed by atoms with Crippen molar-refractivity contribution in [1.29, 1.82) is 0 Å². The van der Waals surface area contributed by atoms with Crippen molar-refractivity contribution in [2.75, 3.05) is 46.0 Å². The average molecular weight is 349 g/mol. The first-order valence-corrected chi connectivity index (χ1v) is 8.88. The molecular weight excluding hydrogens is 322 g/mol. The molecule has 3 N–H and O–H groups in total. The summed E-state index contributed by atoms with van der Waals surface area (Å²) < 4.78 is 0. The molecule has 0 bridgehead atoms. The first kappa shape index (κ1) is 17.5. The van der Waals surface area contributed by atoms with Crippen LogP contribution in [0.2, 0.25) is 0 Å². The number of amides is 3. The van der Waals surface area contributed by atoms with Crippen molar-refractivity contribution in [3.05, 3.63) is 5.82 Å². The Kier molecular flexibility index (Phi) is 5.10. The molecule has 138 valence electrons. The van der Waals surface area contributed by atoms with Crippen LogP contribution in [0.5, 0.6) is 0 Å². The van der Waals surface area contributed by atoms with Gasteiger partial charge in [-0.15, -0.1) is 5.10 Å². The standard InChI is InChI=1S/C16H27N7O2/c1-21(2)16(25)23-7-3-4-12(10-23)14(24)22-8-5-11(6-9-22)13-18-15(17)20-19-13/h11-12H,3-10H2,1-2H3,(H3,17,18,19,20). The molecule has 3 amide bonds. The molecule has 0 saturated carbocycles. The van der Waals surface area contributed by atoms with E-state index in [9.17, 15) is 9.59 Å². The number of nitrogen functional groups attached to an aromatic ring is 1. The Morgan fingerprint density at radius 3 is 2.48 bits per heavy atom. The smallest absolute Gasteiger partial charge is 0.319 e. The molecule has 3 heterocycles. The number of nitrogens with two attached hydrogens (primary N) is 1. The van der Waals surface area contributed by atoms with Gasteiger partial charge in [-0.05, 0) is 25.7 Å². The SMILES string of the molecule is CN(C)C(=O)N1CCCC(C(=O)N2CCC(c3nc(N)n[nH]3)CC2)C1. The first-order valence-electron chi connectivity index (χ1n) is 8.88. The Morgan fingerprint density at radius 1 is 1.16 bits per heavy atom. The van der Waals surface area contributed by atoms with E-state index >= 15 is 0 Å². The van der Waals surface area contributed by atoms with Crippen LogP contribution in [0, 0.1) is 5.92 Å². The quantitative estimate of drug-likeness (QED) is 0.807. The molecule has 25 heavy (non-hydrogen) atoms. The number of nitrogens with one attached hydrogen (secondary N) is 1. The summed E-state index contributed by atoms with van der Waals surface area (Å²) in [6, 6.07) is -0.0147. The van der Waals surface area contributed by atoms with Gasteiger partial charge in [0, 0.05) is 46.2 Å². The number of hydrogen-bond acceptors (Lipinski definition) is 5. The van der Waals surface area contributed by atoms with Crippen LogP contribution in [-0.4, -0.2) is 82.1 Å². The van der Waals surface area contributed by atoms with Gasteiger partial charge in [-0.3, -0.25) is 9.89 Å². The van der Waals surface area contributed by atoms with Crippen LogP contribution in [0.3, 0.4) is 0 Å². The number of hydrogen-bond donors (Lipinski definition) is 2. The number of nitrogens with zero attached hydrogens (tertiary/aromatic N) is 5. The van der Waals surface area contributed by atoms with Crippen LogP contribution < -0.4 is 5.73 Å². The molecule has 2 saturated heterocycles. The van der Waals surface area contributed by atoms with Crippen LogP contribution in [0.25, 0.3) is 0 Å². The summed E-state index contributed by atoms with van der Waals surface area (Å²) in [5.41, 5.74) is 5.56. The summed E-state index contributed by atoms with van der Waals surface area (Å²) in [4.78, 5) is 34.5. The third-order valence-electron chi connectivity index (χ3n) is 5.14. The van der Waals surface area contributed by atoms with Crippen molar-refractivity contribution < 1.29 is 9.59 Å². The molecule has 1 atom stereocenters. The fourth-order valence-corrected chi connectivity index (χ4v) is 3.74. The Hall–Kier alpha value is -2.32. The number of carbonyl (C=O) groups is 2. The van der Waals surface area contributed by atoms with Crippen molar-refractivity contribution in [3.8, 4) is 0 Å². The molecular formula is C16H27N7O2. The number of rotatable bonds is 2. The second-order valence-electron chi connectivity index (χ2n) is 7.14. The van der Waals surface area contributed by atoms with Gasteiger partial charge < -0.3 is 20.4 Å². The highest BCUT2D eigenvalue weighted by Gasteiger charge is 2.34. The second-order valence-corrected chi connectivity index (χ2v) is 7.14. The summed E-state index contributed by atoms with van der Waals surface area (Å²) in [6.45, 7) is 2.68. The van der Waals surface area contributed by atoms with E-state index in [1.807, 2.05) is 4.90 Å². The molecule has 0 aromatic carbocycles. The molecule has 2 fully saturated rings. The fourth-order valence-electron chi connectivity index (χ4n) is 3.74. The summed E-state index contributed by atoms with van der Waals surface area (Å²) >= 11 is 0. The zero-order valence-corrected chi connectivity index (χ0v) is 14.9. The van der Waals surface area contributed by atoms with Crippen LogP contribution in [0.15, 0.2) is 0 Å². The largest absolute Gasteiger partial charge is 0.367 e. The van der Waals surface area contributed by atoms with E-state index in [0.29, 0.717) is 19.6 Å². The first-order chi connectivity index (χ1) is 12.0. The molecule has 0 radical (unpaired) electrons. The Labute approximate surface area is 147 Å². The lowest BCUT2D eigenvalue weighted by atomic mass is 9.92. The van der Waals surface area contributed by atoms with Gasteiger partial charge in [0.1, 0.15) is 5.82 Å². The maximum atomic E-state index is 12.9. The molecule has 0 aliphatic carbocycles. The highest BCUT2D eigenvalue weighted by molar-refractivity contribution is 5.81. The van der Waals surface area contributed by atoms with E-state index in [1.165, 1.54) is 0 Å². The lowest BCUT2D eigenvalue weighted by Crippen LogP contribution is -2.50. The fraction of sp³-hybridized carbons (Fsp3) is 0.750. The maximum absolute atomic E-state index is 12.9. The third-order valence-corrected chi connectivity index (χ3v) is 5.14. The van der Waals surface area contributed by atoms with E-state index in [-0.39, 0.29) is 29.7 Å². The van der Waals surface area contributed by atoms with Gasteiger partial charge >= 0.3 is 6.03 Å². The topological polar surface area (TPSA) is 111 Å². The highest BCUT2D eigenvalue weighted by atomic mass is 16.2. The van der Waals surface area contributed by atoms with Gasteiger partial charge in [0.25, 0.3) is 0 Å². The van der Waals surface area contributed by atoms with Crippen molar-refractivity contribution in [1.82, 2.24) is 29.9 Å². The molecule has 1 aromatic rings. The third kappa shape index (κ3) is 3.85. The monoisotopic (exact) mass is 349 g/mol. The zero-order valence-electron chi connectivity index (χ0n) is 14.9. The van der Waals surface area contributed by atoms with Crippen molar-refractivity contribution >= 4 is 17.9 Å². The van der Waals surface area contributed by atoms with Gasteiger partial charge in [0.05, 0.1) is 5.92 Å². The lowest BCUT2D eigenvalue weighted by molar-refractivity contribution is -0.138. The summed E-state index contributed by atoms with van der Waals surface area (Å²) in [5, 5.41) is 6.75.